The highest BCUT2D eigenvalue weighted by molar-refractivity contribution is 5.74. The van der Waals surface area contributed by atoms with Crippen molar-refractivity contribution in [1.82, 2.24) is 4.90 Å². The van der Waals surface area contributed by atoms with E-state index in [1.54, 1.807) is 7.11 Å². The van der Waals surface area contributed by atoms with Crippen LogP contribution in [0.15, 0.2) is 0 Å². The lowest BCUT2D eigenvalue weighted by Gasteiger charge is -2.39. The van der Waals surface area contributed by atoms with Crippen LogP contribution < -0.4 is 0 Å². The van der Waals surface area contributed by atoms with Crippen molar-refractivity contribution in [1.29, 1.82) is 0 Å². The molecule has 2 aliphatic heterocycles. The van der Waals surface area contributed by atoms with Crippen molar-refractivity contribution in [3.8, 4) is 0 Å². The molecule has 2 unspecified atom stereocenters. The lowest BCUT2D eigenvalue weighted by molar-refractivity contribution is -0.156. The van der Waals surface area contributed by atoms with Gasteiger partial charge in [-0.1, -0.05) is 0 Å². The first-order valence-electron chi connectivity index (χ1n) is 6.18. The van der Waals surface area contributed by atoms with Crippen LogP contribution >= 0.6 is 0 Å². The largest absolute Gasteiger partial charge is 0.469 e. The molecule has 2 saturated heterocycles. The number of hydrogen-bond acceptors (Lipinski definition) is 6. The number of rotatable bonds is 4. The van der Waals surface area contributed by atoms with Crippen LogP contribution in [0.2, 0.25) is 0 Å². The highest BCUT2D eigenvalue weighted by atomic mass is 16.7. The Kier molecular flexibility index (Phi) is 4.21. The van der Waals surface area contributed by atoms with Gasteiger partial charge in [0.05, 0.1) is 25.2 Å². The third-order valence-electron chi connectivity index (χ3n) is 4.13. The molecule has 0 aromatic carbocycles. The Morgan fingerprint density at radius 2 is 2.06 bits per heavy atom. The van der Waals surface area contributed by atoms with E-state index < -0.39 is 12.0 Å². The molecule has 0 saturated carbocycles. The van der Waals surface area contributed by atoms with E-state index in [9.17, 15) is 9.90 Å². The lowest BCUT2D eigenvalue weighted by atomic mass is 9.88. The van der Waals surface area contributed by atoms with Gasteiger partial charge in [-0.2, -0.15) is 0 Å². The number of carbonyl (C=O) groups is 1. The standard InChI is InChI=1S/C12H21NO5/c1-13-7-4-9(14)11(12(15)17-3)8(13)5-10(7)18-6-16-2/h7-11,14H,4-6H2,1-3H3/t7?,8?,9-,10+,11-/m1/s1. The van der Waals surface area contributed by atoms with Crippen LogP contribution in [0.4, 0.5) is 0 Å². The predicted octanol–water partition coefficient (Wildman–Crippen LogP) is -0.398. The van der Waals surface area contributed by atoms with Crippen molar-refractivity contribution in [2.24, 2.45) is 5.92 Å². The van der Waals surface area contributed by atoms with Gasteiger partial charge in [0.25, 0.3) is 0 Å². The molecular formula is C12H21NO5. The van der Waals surface area contributed by atoms with Gasteiger partial charge in [-0.25, -0.2) is 0 Å². The van der Waals surface area contributed by atoms with Gasteiger partial charge < -0.3 is 19.3 Å². The van der Waals surface area contributed by atoms with E-state index in [1.807, 2.05) is 7.05 Å². The second-order valence-electron chi connectivity index (χ2n) is 5.00. The molecule has 2 bridgehead atoms. The summed E-state index contributed by atoms with van der Waals surface area (Å²) in [7, 11) is 4.90. The molecule has 2 aliphatic rings. The average molecular weight is 259 g/mol. The molecule has 104 valence electrons. The molecule has 1 N–H and O–H groups in total. The number of ether oxygens (including phenoxy) is 3. The summed E-state index contributed by atoms with van der Waals surface area (Å²) in [4.78, 5) is 13.9. The second-order valence-corrected chi connectivity index (χ2v) is 5.00. The van der Waals surface area contributed by atoms with Crippen LogP contribution in [0.3, 0.4) is 0 Å². The number of hydrogen-bond donors (Lipinski definition) is 1. The van der Waals surface area contributed by atoms with Crippen LogP contribution in [-0.4, -0.2) is 68.3 Å². The SMILES string of the molecule is COCO[C@H]1CC2[C@@H](C(=O)OC)[C@H](O)CC1N2C. The second kappa shape index (κ2) is 5.52. The Morgan fingerprint density at radius 3 is 2.67 bits per heavy atom. The normalized spacial score (nSPS) is 39.9. The molecule has 0 aromatic heterocycles. The maximum absolute atomic E-state index is 11.8. The number of aliphatic hydroxyl groups is 1. The molecule has 2 fully saturated rings. The molecule has 2 rings (SSSR count). The van der Waals surface area contributed by atoms with Crippen molar-refractivity contribution in [3.05, 3.63) is 0 Å². The smallest absolute Gasteiger partial charge is 0.312 e. The first-order chi connectivity index (χ1) is 8.60. The van der Waals surface area contributed by atoms with Crippen LogP contribution in [0, 0.1) is 5.92 Å². The van der Waals surface area contributed by atoms with Crippen molar-refractivity contribution < 1.29 is 24.1 Å². The van der Waals surface area contributed by atoms with Crippen molar-refractivity contribution in [3.63, 3.8) is 0 Å². The van der Waals surface area contributed by atoms with E-state index in [4.69, 9.17) is 14.2 Å². The summed E-state index contributed by atoms with van der Waals surface area (Å²) in [6.45, 7) is 0.237. The zero-order valence-electron chi connectivity index (χ0n) is 11.0. The van der Waals surface area contributed by atoms with Gasteiger partial charge in [0.2, 0.25) is 0 Å². The van der Waals surface area contributed by atoms with Gasteiger partial charge in [0.15, 0.2) is 0 Å². The number of nitrogens with zero attached hydrogens (tertiary/aromatic N) is 1. The van der Waals surface area contributed by atoms with Crippen molar-refractivity contribution in [2.75, 3.05) is 28.1 Å². The summed E-state index contributed by atoms with van der Waals surface area (Å²) in [5, 5.41) is 10.1. The van der Waals surface area contributed by atoms with E-state index in [0.717, 1.165) is 6.42 Å². The van der Waals surface area contributed by atoms with Crippen molar-refractivity contribution >= 4 is 5.97 Å². The Labute approximate surface area is 107 Å². The van der Waals surface area contributed by atoms with E-state index >= 15 is 0 Å². The van der Waals surface area contributed by atoms with Crippen LogP contribution in [-0.2, 0) is 19.0 Å². The van der Waals surface area contributed by atoms with Gasteiger partial charge >= 0.3 is 5.97 Å². The zero-order chi connectivity index (χ0) is 13.3. The monoisotopic (exact) mass is 259 g/mol. The molecule has 0 radical (unpaired) electrons. The third-order valence-corrected chi connectivity index (χ3v) is 4.13. The Bertz CT molecular complexity index is 311. The first kappa shape index (κ1) is 13.7. The molecule has 0 aromatic rings. The van der Waals surface area contributed by atoms with Crippen LogP contribution in [0.5, 0.6) is 0 Å². The van der Waals surface area contributed by atoms with Gasteiger partial charge in [0, 0.05) is 19.2 Å². The highest BCUT2D eigenvalue weighted by Gasteiger charge is 2.53. The van der Waals surface area contributed by atoms with Crippen LogP contribution in [0.1, 0.15) is 12.8 Å². The highest BCUT2D eigenvalue weighted by Crippen LogP contribution is 2.40. The number of fused-ring (bicyclic) bond motifs is 2. The lowest BCUT2D eigenvalue weighted by Crippen LogP contribution is -2.53. The topological polar surface area (TPSA) is 68.2 Å². The number of esters is 1. The van der Waals surface area contributed by atoms with Gasteiger partial charge in [0.1, 0.15) is 6.79 Å². The fourth-order valence-electron chi connectivity index (χ4n) is 3.22. The summed E-state index contributed by atoms with van der Waals surface area (Å²) in [5.41, 5.74) is 0. The Hall–Kier alpha value is -0.690. The number of piperidine rings is 1. The van der Waals surface area contributed by atoms with E-state index in [2.05, 4.69) is 4.90 Å². The minimum absolute atomic E-state index is 0.00394. The molecule has 0 aliphatic carbocycles. The summed E-state index contributed by atoms with van der Waals surface area (Å²) in [6, 6.07) is 0.120. The molecule has 2 heterocycles. The van der Waals surface area contributed by atoms with Gasteiger partial charge in [-0.15, -0.1) is 0 Å². The Morgan fingerprint density at radius 1 is 1.33 bits per heavy atom. The molecule has 0 spiro atoms. The number of carbonyl (C=O) groups excluding carboxylic acids is 1. The summed E-state index contributed by atoms with van der Waals surface area (Å²) in [6.07, 6.45) is 0.603. The Balaban J connectivity index is 2.10. The number of methoxy groups -OCH3 is 2. The van der Waals surface area contributed by atoms with E-state index in [0.29, 0.717) is 6.42 Å². The molecule has 5 atom stereocenters. The number of likely N-dealkylation sites (N-methyl/N-ethyl adjacent to an activating group) is 1. The minimum Gasteiger partial charge on any atom is -0.469 e. The summed E-state index contributed by atoms with van der Waals surface area (Å²) >= 11 is 0. The minimum atomic E-state index is -0.653. The first-order valence-corrected chi connectivity index (χ1v) is 6.18. The quantitative estimate of drug-likeness (QED) is 0.547. The van der Waals surface area contributed by atoms with Gasteiger partial charge in [-0.3, -0.25) is 9.69 Å². The fourth-order valence-corrected chi connectivity index (χ4v) is 3.22. The third kappa shape index (κ3) is 2.25. The van der Waals surface area contributed by atoms with Crippen molar-refractivity contribution in [2.45, 2.75) is 37.1 Å². The molecule has 6 nitrogen and oxygen atoms in total. The molecule has 0 amide bonds. The summed E-state index contributed by atoms with van der Waals surface area (Å²) in [5.74, 6) is -0.822. The molecule has 18 heavy (non-hydrogen) atoms. The van der Waals surface area contributed by atoms with Gasteiger partial charge in [-0.05, 0) is 19.9 Å². The molecule has 6 heteroatoms. The maximum Gasteiger partial charge on any atom is 0.312 e. The maximum atomic E-state index is 11.8. The van der Waals surface area contributed by atoms with E-state index in [-0.39, 0.29) is 30.9 Å². The summed E-state index contributed by atoms with van der Waals surface area (Å²) < 4.78 is 15.3. The van der Waals surface area contributed by atoms with E-state index in [1.165, 1.54) is 7.11 Å². The average Bonchev–Trinajstić information content (AvgIpc) is 2.57. The molecular weight excluding hydrogens is 238 g/mol. The number of aliphatic hydroxyl groups excluding tert-OH is 1. The van der Waals surface area contributed by atoms with Crippen LogP contribution in [0.25, 0.3) is 0 Å². The zero-order valence-corrected chi connectivity index (χ0v) is 11.0. The predicted molar refractivity (Wildman–Crippen MR) is 62.8 cm³/mol. The fraction of sp³-hybridized carbons (Fsp3) is 0.917.